The topological polar surface area (TPSA) is 55.6 Å². The van der Waals surface area contributed by atoms with Crippen LogP contribution in [-0.4, -0.2) is 43.2 Å². The number of carbonyl (C=O) groups is 1. The highest BCUT2D eigenvalue weighted by atomic mass is 16.5. The Hall–Kier alpha value is -0.610. The van der Waals surface area contributed by atoms with Gasteiger partial charge in [0, 0.05) is 26.1 Å². The number of unbranched alkanes of at least 4 members (excludes halogenated alkanes) is 5. The van der Waals surface area contributed by atoms with E-state index in [4.69, 9.17) is 10.5 Å². The molecule has 124 valence electrons. The van der Waals surface area contributed by atoms with Crippen LogP contribution in [0.1, 0.15) is 71.1 Å². The van der Waals surface area contributed by atoms with Crippen LogP contribution in [-0.2, 0) is 9.53 Å². The third kappa shape index (κ3) is 8.42. The molecule has 0 radical (unpaired) electrons. The molecule has 1 amide bonds. The summed E-state index contributed by atoms with van der Waals surface area (Å²) in [5.41, 5.74) is 5.46. The number of nitrogens with two attached hydrogens (primary N) is 1. The Balaban J connectivity index is 2.03. The Morgan fingerprint density at radius 1 is 1.10 bits per heavy atom. The van der Waals surface area contributed by atoms with Gasteiger partial charge in [0.15, 0.2) is 0 Å². The average Bonchev–Trinajstić information content (AvgIpc) is 2.51. The van der Waals surface area contributed by atoms with Crippen molar-refractivity contribution in [1.82, 2.24) is 4.90 Å². The number of amides is 1. The van der Waals surface area contributed by atoms with E-state index >= 15 is 0 Å². The second-order valence-corrected chi connectivity index (χ2v) is 6.11. The number of carbonyl (C=O) groups excluding carboxylic acids is 1. The van der Waals surface area contributed by atoms with Crippen LogP contribution in [0.5, 0.6) is 0 Å². The minimum absolute atomic E-state index is 0.328. The Bertz CT molecular complexity index is 264. The van der Waals surface area contributed by atoms with Crippen LogP contribution in [0.2, 0.25) is 0 Å². The molecule has 0 aromatic carbocycles. The first-order valence-electron chi connectivity index (χ1n) is 8.87. The molecule has 1 saturated heterocycles. The molecule has 0 aliphatic carbocycles. The molecular formula is C17H34N2O2. The third-order valence-corrected chi connectivity index (χ3v) is 4.24. The quantitative estimate of drug-likeness (QED) is 0.596. The fourth-order valence-electron chi connectivity index (χ4n) is 2.82. The van der Waals surface area contributed by atoms with Crippen LogP contribution < -0.4 is 5.73 Å². The van der Waals surface area contributed by atoms with Gasteiger partial charge in [-0.25, -0.2) is 0 Å². The largest absolute Gasteiger partial charge is 0.378 e. The van der Waals surface area contributed by atoms with Gasteiger partial charge in [-0.3, -0.25) is 4.79 Å². The van der Waals surface area contributed by atoms with Crippen molar-refractivity contribution < 1.29 is 9.53 Å². The van der Waals surface area contributed by atoms with Gasteiger partial charge in [0.1, 0.15) is 0 Å². The summed E-state index contributed by atoms with van der Waals surface area (Å²) in [6, 6.07) is 0. The van der Waals surface area contributed by atoms with Crippen LogP contribution in [0.25, 0.3) is 0 Å². The van der Waals surface area contributed by atoms with Crippen molar-refractivity contribution in [3.63, 3.8) is 0 Å². The van der Waals surface area contributed by atoms with Crippen molar-refractivity contribution in [2.45, 2.75) is 77.2 Å². The number of hydrogen-bond acceptors (Lipinski definition) is 3. The third-order valence-electron chi connectivity index (χ3n) is 4.24. The Morgan fingerprint density at radius 2 is 1.76 bits per heavy atom. The zero-order valence-corrected chi connectivity index (χ0v) is 13.8. The summed E-state index contributed by atoms with van der Waals surface area (Å²) in [5.74, 6) is 0.339. The van der Waals surface area contributed by atoms with Gasteiger partial charge >= 0.3 is 0 Å². The van der Waals surface area contributed by atoms with Gasteiger partial charge in [0.2, 0.25) is 5.91 Å². The van der Waals surface area contributed by atoms with Crippen molar-refractivity contribution in [3.05, 3.63) is 0 Å². The number of likely N-dealkylation sites (tertiary alicyclic amines) is 1. The van der Waals surface area contributed by atoms with Crippen LogP contribution in [0.3, 0.4) is 0 Å². The fraction of sp³-hybridized carbons (Fsp3) is 0.941. The monoisotopic (exact) mass is 298 g/mol. The van der Waals surface area contributed by atoms with Crippen LogP contribution in [0, 0.1) is 0 Å². The van der Waals surface area contributed by atoms with Crippen LogP contribution in [0.4, 0.5) is 0 Å². The summed E-state index contributed by atoms with van der Waals surface area (Å²) in [5, 5.41) is 0. The number of piperidine rings is 1. The van der Waals surface area contributed by atoms with E-state index in [2.05, 4.69) is 6.92 Å². The lowest BCUT2D eigenvalue weighted by Crippen LogP contribution is -2.40. The molecule has 4 heteroatoms. The average molecular weight is 298 g/mol. The second kappa shape index (κ2) is 12.0. The first kappa shape index (κ1) is 18.4. The zero-order chi connectivity index (χ0) is 15.3. The van der Waals surface area contributed by atoms with Crippen LogP contribution in [0.15, 0.2) is 0 Å². The van der Waals surface area contributed by atoms with Gasteiger partial charge < -0.3 is 15.4 Å². The molecule has 1 aliphatic rings. The normalized spacial score (nSPS) is 16.4. The van der Waals surface area contributed by atoms with E-state index in [-0.39, 0.29) is 0 Å². The van der Waals surface area contributed by atoms with E-state index in [9.17, 15) is 4.79 Å². The molecule has 4 nitrogen and oxygen atoms in total. The molecule has 0 aromatic heterocycles. The number of nitrogens with zero attached hydrogens (tertiary/aromatic N) is 1. The minimum atomic E-state index is 0.328. The van der Waals surface area contributed by atoms with Crippen molar-refractivity contribution in [1.29, 1.82) is 0 Å². The first-order chi connectivity index (χ1) is 10.3. The fourth-order valence-corrected chi connectivity index (χ4v) is 2.82. The SMILES string of the molecule is CCCCCCCCC(=O)N1CCC(OCCCN)CC1. The van der Waals surface area contributed by atoms with E-state index in [0.29, 0.717) is 18.6 Å². The van der Waals surface area contributed by atoms with Gasteiger partial charge in [-0.15, -0.1) is 0 Å². The molecule has 1 heterocycles. The van der Waals surface area contributed by atoms with Gasteiger partial charge in [-0.2, -0.15) is 0 Å². The lowest BCUT2D eigenvalue weighted by atomic mass is 10.1. The molecule has 1 fully saturated rings. The smallest absolute Gasteiger partial charge is 0.222 e. The summed E-state index contributed by atoms with van der Waals surface area (Å²) in [7, 11) is 0. The lowest BCUT2D eigenvalue weighted by molar-refractivity contribution is -0.134. The number of hydrogen-bond donors (Lipinski definition) is 1. The highest BCUT2D eigenvalue weighted by Crippen LogP contribution is 2.16. The molecule has 0 bridgehead atoms. The molecule has 0 aromatic rings. The first-order valence-corrected chi connectivity index (χ1v) is 8.87. The summed E-state index contributed by atoms with van der Waals surface area (Å²) in [4.78, 5) is 14.1. The van der Waals surface area contributed by atoms with Gasteiger partial charge in [-0.1, -0.05) is 39.0 Å². The van der Waals surface area contributed by atoms with Crippen molar-refractivity contribution in [2.24, 2.45) is 5.73 Å². The maximum atomic E-state index is 12.1. The van der Waals surface area contributed by atoms with E-state index in [1.54, 1.807) is 0 Å². The summed E-state index contributed by atoms with van der Waals surface area (Å²) < 4.78 is 5.77. The molecule has 0 spiro atoms. The minimum Gasteiger partial charge on any atom is -0.378 e. The Morgan fingerprint density at radius 3 is 2.43 bits per heavy atom. The van der Waals surface area contributed by atoms with Crippen molar-refractivity contribution in [3.8, 4) is 0 Å². The number of ether oxygens (including phenoxy) is 1. The summed E-state index contributed by atoms with van der Waals surface area (Å²) >= 11 is 0. The lowest BCUT2D eigenvalue weighted by Gasteiger charge is -2.32. The van der Waals surface area contributed by atoms with E-state index in [1.165, 1.54) is 32.1 Å². The van der Waals surface area contributed by atoms with Crippen molar-refractivity contribution in [2.75, 3.05) is 26.2 Å². The second-order valence-electron chi connectivity index (χ2n) is 6.11. The summed E-state index contributed by atoms with van der Waals surface area (Å²) in [6.45, 7) is 5.40. The van der Waals surface area contributed by atoms with Crippen molar-refractivity contribution >= 4 is 5.91 Å². The maximum Gasteiger partial charge on any atom is 0.222 e. The predicted molar refractivity (Wildman–Crippen MR) is 87.2 cm³/mol. The van der Waals surface area contributed by atoms with E-state index in [0.717, 1.165) is 51.8 Å². The highest BCUT2D eigenvalue weighted by molar-refractivity contribution is 5.76. The Kier molecular flexibility index (Phi) is 10.5. The standard InChI is InChI=1S/C17H34N2O2/c1-2-3-4-5-6-7-9-17(20)19-13-10-16(11-14-19)21-15-8-12-18/h16H,2-15,18H2,1H3. The maximum absolute atomic E-state index is 12.1. The van der Waals surface area contributed by atoms with Crippen LogP contribution >= 0.6 is 0 Å². The molecule has 21 heavy (non-hydrogen) atoms. The predicted octanol–water partition coefficient (Wildman–Crippen LogP) is 3.09. The number of rotatable bonds is 11. The molecule has 1 aliphatic heterocycles. The zero-order valence-electron chi connectivity index (χ0n) is 13.8. The van der Waals surface area contributed by atoms with Gasteiger partial charge in [0.05, 0.1) is 6.10 Å². The molecule has 1 rings (SSSR count). The molecule has 0 atom stereocenters. The Labute approximate surface area is 130 Å². The molecule has 0 unspecified atom stereocenters. The molecular weight excluding hydrogens is 264 g/mol. The summed E-state index contributed by atoms with van der Waals surface area (Å²) in [6.07, 6.45) is 11.4. The van der Waals surface area contributed by atoms with E-state index in [1.807, 2.05) is 4.90 Å². The highest BCUT2D eigenvalue weighted by Gasteiger charge is 2.22. The molecule has 0 saturated carbocycles. The molecule has 2 N–H and O–H groups in total. The van der Waals surface area contributed by atoms with Gasteiger partial charge in [-0.05, 0) is 32.2 Å². The van der Waals surface area contributed by atoms with E-state index < -0.39 is 0 Å². The van der Waals surface area contributed by atoms with Gasteiger partial charge in [0.25, 0.3) is 0 Å².